The molecule has 29 heavy (non-hydrogen) atoms. The zero-order valence-corrected chi connectivity index (χ0v) is 16.4. The highest BCUT2D eigenvalue weighted by atomic mass is 16.5. The number of furan rings is 1. The molecule has 1 atom stereocenters. The Morgan fingerprint density at radius 3 is 2.69 bits per heavy atom. The van der Waals surface area contributed by atoms with Crippen molar-refractivity contribution in [2.45, 2.75) is 26.4 Å². The lowest BCUT2D eigenvalue weighted by molar-refractivity contribution is -0.127. The van der Waals surface area contributed by atoms with Gasteiger partial charge < -0.3 is 9.15 Å². The lowest BCUT2D eigenvalue weighted by Crippen LogP contribution is -2.33. The van der Waals surface area contributed by atoms with Crippen LogP contribution in [-0.2, 0) is 11.2 Å². The predicted octanol–water partition coefficient (Wildman–Crippen LogP) is 5.07. The third-order valence-corrected chi connectivity index (χ3v) is 4.80. The van der Waals surface area contributed by atoms with Crippen LogP contribution in [0.1, 0.15) is 25.2 Å². The molecule has 4 rings (SSSR count). The van der Waals surface area contributed by atoms with Crippen molar-refractivity contribution < 1.29 is 13.9 Å². The highest BCUT2D eigenvalue weighted by Crippen LogP contribution is 2.25. The molecule has 0 saturated heterocycles. The van der Waals surface area contributed by atoms with Gasteiger partial charge in [-0.2, -0.15) is 5.10 Å². The maximum absolute atomic E-state index is 12.4. The van der Waals surface area contributed by atoms with Crippen molar-refractivity contribution in [3.8, 4) is 5.75 Å². The number of nitrogens with zero attached hydrogens (tertiary/aromatic N) is 1. The minimum absolute atomic E-state index is 0.319. The standard InChI is InChI=1S/C24H22N2O3/c1-3-22-21(20-10-6-7-11-23(20)29-22)15-25-26-24(27)16(2)28-19-13-12-17-8-4-5-9-18(17)14-19/h4-16H,3H2,1-2H3,(H,26,27)/b25-15-/t16-/m0/s1. The molecular formula is C24H22N2O3. The van der Waals surface area contributed by atoms with Crippen molar-refractivity contribution in [1.29, 1.82) is 0 Å². The van der Waals surface area contributed by atoms with Crippen molar-refractivity contribution in [1.82, 2.24) is 5.43 Å². The highest BCUT2D eigenvalue weighted by molar-refractivity contribution is 5.99. The first-order valence-corrected chi connectivity index (χ1v) is 9.64. The molecule has 0 fully saturated rings. The summed E-state index contributed by atoms with van der Waals surface area (Å²) in [4.78, 5) is 12.4. The number of hydrogen-bond acceptors (Lipinski definition) is 4. The van der Waals surface area contributed by atoms with Crippen LogP contribution in [0.15, 0.2) is 76.2 Å². The second kappa shape index (κ2) is 8.19. The average molecular weight is 386 g/mol. The summed E-state index contributed by atoms with van der Waals surface area (Å²) < 4.78 is 11.6. The van der Waals surface area contributed by atoms with Gasteiger partial charge in [0.1, 0.15) is 17.1 Å². The number of fused-ring (bicyclic) bond motifs is 2. The number of amides is 1. The molecule has 1 N–H and O–H groups in total. The van der Waals surface area contributed by atoms with Gasteiger partial charge in [-0.1, -0.05) is 55.5 Å². The fourth-order valence-electron chi connectivity index (χ4n) is 3.27. The van der Waals surface area contributed by atoms with Gasteiger partial charge >= 0.3 is 0 Å². The van der Waals surface area contributed by atoms with Gasteiger partial charge in [0.15, 0.2) is 6.10 Å². The number of carbonyl (C=O) groups excluding carboxylic acids is 1. The number of carbonyl (C=O) groups is 1. The fraction of sp³-hybridized carbons (Fsp3) is 0.167. The van der Waals surface area contributed by atoms with E-state index in [2.05, 4.69) is 10.5 Å². The summed E-state index contributed by atoms with van der Waals surface area (Å²) in [7, 11) is 0. The van der Waals surface area contributed by atoms with Crippen molar-refractivity contribution in [3.05, 3.63) is 78.1 Å². The van der Waals surface area contributed by atoms with E-state index in [4.69, 9.17) is 9.15 Å². The molecule has 0 bridgehead atoms. The molecule has 0 spiro atoms. The monoisotopic (exact) mass is 386 g/mol. The molecule has 0 aliphatic heterocycles. The summed E-state index contributed by atoms with van der Waals surface area (Å²) in [6, 6.07) is 21.6. The van der Waals surface area contributed by atoms with Gasteiger partial charge in [-0.25, -0.2) is 5.43 Å². The summed E-state index contributed by atoms with van der Waals surface area (Å²) in [6.07, 6.45) is 1.69. The molecule has 4 aromatic rings. The van der Waals surface area contributed by atoms with Gasteiger partial charge in [0.2, 0.25) is 0 Å². The zero-order valence-electron chi connectivity index (χ0n) is 16.4. The second-order valence-corrected chi connectivity index (χ2v) is 6.79. The van der Waals surface area contributed by atoms with E-state index in [1.807, 2.05) is 73.7 Å². The van der Waals surface area contributed by atoms with Crippen LogP contribution in [0, 0.1) is 0 Å². The lowest BCUT2D eigenvalue weighted by atomic mass is 10.1. The van der Waals surface area contributed by atoms with Gasteiger partial charge in [-0.15, -0.1) is 0 Å². The van der Waals surface area contributed by atoms with E-state index < -0.39 is 6.10 Å². The van der Waals surface area contributed by atoms with E-state index in [0.717, 1.165) is 39.5 Å². The van der Waals surface area contributed by atoms with Gasteiger partial charge in [0, 0.05) is 17.4 Å². The van der Waals surface area contributed by atoms with E-state index in [1.54, 1.807) is 13.1 Å². The summed E-state index contributed by atoms with van der Waals surface area (Å²) in [6.45, 7) is 3.72. The van der Waals surface area contributed by atoms with Gasteiger partial charge in [0.25, 0.3) is 5.91 Å². The van der Waals surface area contributed by atoms with Crippen LogP contribution in [-0.4, -0.2) is 18.2 Å². The van der Waals surface area contributed by atoms with Crippen molar-refractivity contribution in [2.24, 2.45) is 5.10 Å². The van der Waals surface area contributed by atoms with Crippen molar-refractivity contribution in [2.75, 3.05) is 0 Å². The quantitative estimate of drug-likeness (QED) is 0.372. The van der Waals surface area contributed by atoms with Crippen LogP contribution in [0.2, 0.25) is 0 Å². The molecule has 1 amide bonds. The number of hydrazone groups is 1. The van der Waals surface area contributed by atoms with Crippen LogP contribution in [0.25, 0.3) is 21.7 Å². The SMILES string of the molecule is CCc1oc2ccccc2c1/C=N\NC(=O)[C@H](C)Oc1ccc2ccccc2c1. The smallest absolute Gasteiger partial charge is 0.280 e. The van der Waals surface area contributed by atoms with Gasteiger partial charge in [-0.05, 0) is 35.9 Å². The Kier molecular flexibility index (Phi) is 5.29. The van der Waals surface area contributed by atoms with Crippen LogP contribution in [0.3, 0.4) is 0 Å². The number of rotatable bonds is 6. The van der Waals surface area contributed by atoms with E-state index >= 15 is 0 Å². The van der Waals surface area contributed by atoms with Crippen LogP contribution in [0.4, 0.5) is 0 Å². The third kappa shape index (κ3) is 3.99. The Bertz CT molecular complexity index is 1190. The topological polar surface area (TPSA) is 63.8 Å². The molecule has 0 radical (unpaired) electrons. The van der Waals surface area contributed by atoms with Crippen LogP contribution >= 0.6 is 0 Å². The number of benzene rings is 3. The summed E-state index contributed by atoms with van der Waals surface area (Å²) in [5.74, 6) is 1.16. The van der Waals surface area contributed by atoms with E-state index in [1.165, 1.54) is 0 Å². The highest BCUT2D eigenvalue weighted by Gasteiger charge is 2.15. The third-order valence-electron chi connectivity index (χ3n) is 4.80. The molecule has 3 aromatic carbocycles. The largest absolute Gasteiger partial charge is 0.481 e. The Morgan fingerprint density at radius 1 is 1.10 bits per heavy atom. The maximum Gasteiger partial charge on any atom is 0.280 e. The second-order valence-electron chi connectivity index (χ2n) is 6.79. The molecule has 0 aliphatic rings. The molecule has 0 saturated carbocycles. The number of para-hydroxylation sites is 1. The number of nitrogens with one attached hydrogen (secondary N) is 1. The van der Waals surface area contributed by atoms with E-state index in [0.29, 0.717) is 5.75 Å². The van der Waals surface area contributed by atoms with Crippen molar-refractivity contribution >= 4 is 33.9 Å². The number of hydrogen-bond donors (Lipinski definition) is 1. The van der Waals surface area contributed by atoms with Crippen LogP contribution < -0.4 is 10.2 Å². The van der Waals surface area contributed by atoms with E-state index in [-0.39, 0.29) is 5.91 Å². The summed E-state index contributed by atoms with van der Waals surface area (Å²) in [5.41, 5.74) is 4.25. The zero-order chi connectivity index (χ0) is 20.2. The first-order valence-electron chi connectivity index (χ1n) is 9.64. The number of aryl methyl sites for hydroxylation is 1. The Morgan fingerprint density at radius 2 is 1.86 bits per heavy atom. The maximum atomic E-state index is 12.4. The predicted molar refractivity (Wildman–Crippen MR) is 115 cm³/mol. The Hall–Kier alpha value is -3.60. The molecule has 5 nitrogen and oxygen atoms in total. The average Bonchev–Trinajstić information content (AvgIpc) is 3.11. The minimum atomic E-state index is -0.681. The molecule has 5 heteroatoms. The first kappa shape index (κ1) is 18.7. The minimum Gasteiger partial charge on any atom is -0.481 e. The molecule has 0 unspecified atom stereocenters. The molecule has 0 aliphatic carbocycles. The summed E-state index contributed by atoms with van der Waals surface area (Å²) >= 11 is 0. The molecule has 1 heterocycles. The molecule has 1 aromatic heterocycles. The summed E-state index contributed by atoms with van der Waals surface area (Å²) in [5, 5.41) is 7.29. The molecular weight excluding hydrogens is 364 g/mol. The van der Waals surface area contributed by atoms with E-state index in [9.17, 15) is 4.79 Å². The van der Waals surface area contributed by atoms with Gasteiger partial charge in [-0.3, -0.25) is 4.79 Å². The first-order chi connectivity index (χ1) is 14.2. The fourth-order valence-corrected chi connectivity index (χ4v) is 3.27. The Balaban J connectivity index is 1.43. The normalized spacial score (nSPS) is 12.5. The lowest BCUT2D eigenvalue weighted by Gasteiger charge is -2.13. The Labute approximate surface area is 169 Å². The van der Waals surface area contributed by atoms with Crippen molar-refractivity contribution in [3.63, 3.8) is 0 Å². The van der Waals surface area contributed by atoms with Crippen LogP contribution in [0.5, 0.6) is 5.75 Å². The van der Waals surface area contributed by atoms with Gasteiger partial charge in [0.05, 0.1) is 6.21 Å². The molecule has 146 valence electrons. The number of ether oxygens (including phenoxy) is 1.